The quantitative estimate of drug-likeness (QED) is 0.911. The van der Waals surface area contributed by atoms with Crippen molar-refractivity contribution in [3.05, 3.63) is 35.4 Å². The number of hydrogen-bond acceptors (Lipinski definition) is 3. The molecule has 0 saturated carbocycles. The van der Waals surface area contributed by atoms with Crippen molar-refractivity contribution in [1.29, 1.82) is 0 Å². The molecule has 0 unspecified atom stereocenters. The first kappa shape index (κ1) is 15.4. The minimum Gasteiger partial charge on any atom is -0.480 e. The number of nitrogens with zero attached hydrogens (tertiary/aromatic N) is 2. The summed E-state index contributed by atoms with van der Waals surface area (Å²) >= 11 is 0. The average molecular weight is 298 g/mol. The average Bonchev–Trinajstić information content (AvgIpc) is 2.46. The van der Waals surface area contributed by atoms with Crippen LogP contribution in [-0.4, -0.2) is 59.0 Å². The Bertz CT molecular complexity index is 557. The molecule has 1 aromatic carbocycles. The summed E-state index contributed by atoms with van der Waals surface area (Å²) in [6.45, 7) is 3.02. The van der Waals surface area contributed by atoms with Gasteiger partial charge in [-0.05, 0) is 19.1 Å². The lowest BCUT2D eigenvalue weighted by Crippen LogP contribution is -2.53. The van der Waals surface area contributed by atoms with E-state index in [0.29, 0.717) is 32.2 Å². The van der Waals surface area contributed by atoms with Crippen LogP contribution in [0.5, 0.6) is 0 Å². The van der Waals surface area contributed by atoms with Crippen molar-refractivity contribution >= 4 is 11.9 Å². The summed E-state index contributed by atoms with van der Waals surface area (Å²) in [4.78, 5) is 26.3. The number of piperazine rings is 1. The van der Waals surface area contributed by atoms with Crippen LogP contribution in [0.2, 0.25) is 0 Å². The van der Waals surface area contributed by atoms with Gasteiger partial charge < -0.3 is 10.0 Å². The number of carboxylic acid groups (broad SMARTS) is 1. The van der Waals surface area contributed by atoms with Crippen molar-refractivity contribution in [2.45, 2.75) is 13.0 Å². The molecule has 114 valence electrons. The summed E-state index contributed by atoms with van der Waals surface area (Å²) in [7, 11) is 0. The third-order valence-corrected chi connectivity index (χ3v) is 3.67. The molecule has 1 atom stereocenters. The summed E-state index contributed by atoms with van der Waals surface area (Å²) in [5.41, 5.74) is -0.170. The number of hydrogen-bond donors (Lipinski definition) is 1. The van der Waals surface area contributed by atoms with Gasteiger partial charge in [0, 0.05) is 32.2 Å². The molecular formula is C14H16F2N2O3. The molecule has 0 spiro atoms. The number of carbonyl (C=O) groups excluding carboxylic acids is 1. The van der Waals surface area contributed by atoms with Crippen LogP contribution >= 0.6 is 0 Å². The van der Waals surface area contributed by atoms with Crippen LogP contribution < -0.4 is 0 Å². The molecule has 1 fully saturated rings. The fraction of sp³-hybridized carbons (Fsp3) is 0.429. The normalized spacial score (nSPS) is 17.6. The Hall–Kier alpha value is -2.02. The van der Waals surface area contributed by atoms with Crippen molar-refractivity contribution < 1.29 is 23.5 Å². The van der Waals surface area contributed by atoms with Crippen LogP contribution in [0.25, 0.3) is 0 Å². The minimum atomic E-state index is -0.917. The molecule has 1 N–H and O–H groups in total. The minimum absolute atomic E-state index is 0.170. The lowest BCUT2D eigenvalue weighted by Gasteiger charge is -2.36. The second kappa shape index (κ2) is 6.17. The zero-order chi connectivity index (χ0) is 15.6. The van der Waals surface area contributed by atoms with Crippen LogP contribution in [0.15, 0.2) is 18.2 Å². The second-order valence-electron chi connectivity index (χ2n) is 4.97. The molecule has 0 aliphatic carbocycles. The molecular weight excluding hydrogens is 282 g/mol. The molecule has 1 aliphatic rings. The predicted molar refractivity (Wildman–Crippen MR) is 70.9 cm³/mol. The van der Waals surface area contributed by atoms with Crippen molar-refractivity contribution in [1.82, 2.24) is 9.80 Å². The van der Waals surface area contributed by atoms with Gasteiger partial charge in [-0.2, -0.15) is 0 Å². The first-order valence-electron chi connectivity index (χ1n) is 6.61. The molecule has 2 rings (SSSR count). The first-order chi connectivity index (χ1) is 9.90. The van der Waals surface area contributed by atoms with Gasteiger partial charge in [0.2, 0.25) is 0 Å². The van der Waals surface area contributed by atoms with Crippen LogP contribution in [0.1, 0.15) is 17.3 Å². The van der Waals surface area contributed by atoms with Crippen molar-refractivity contribution in [3.8, 4) is 0 Å². The van der Waals surface area contributed by atoms with Gasteiger partial charge in [0.1, 0.15) is 17.7 Å². The molecule has 0 aromatic heterocycles. The van der Waals surface area contributed by atoms with E-state index in [1.807, 2.05) is 0 Å². The van der Waals surface area contributed by atoms with E-state index in [1.165, 1.54) is 4.90 Å². The summed E-state index contributed by atoms with van der Waals surface area (Å²) < 4.78 is 26.4. The molecule has 1 amide bonds. The summed E-state index contributed by atoms with van der Waals surface area (Å²) in [6.07, 6.45) is 0. The molecule has 5 nitrogen and oxygen atoms in total. The third-order valence-electron chi connectivity index (χ3n) is 3.67. The largest absolute Gasteiger partial charge is 0.480 e. The fourth-order valence-corrected chi connectivity index (χ4v) is 2.30. The van der Waals surface area contributed by atoms with E-state index in [-0.39, 0.29) is 5.56 Å². The highest BCUT2D eigenvalue weighted by Crippen LogP contribution is 2.15. The topological polar surface area (TPSA) is 60.9 Å². The van der Waals surface area contributed by atoms with Crippen molar-refractivity contribution in [2.75, 3.05) is 26.2 Å². The molecule has 7 heteroatoms. The Morgan fingerprint density at radius 2 is 1.81 bits per heavy atom. The van der Waals surface area contributed by atoms with Gasteiger partial charge in [-0.3, -0.25) is 14.5 Å². The number of carbonyl (C=O) groups is 2. The SMILES string of the molecule is C[C@H](C(=O)O)N1CCN(C(=O)c2ccc(F)cc2F)CC1. The molecule has 0 bridgehead atoms. The fourth-order valence-electron chi connectivity index (χ4n) is 2.30. The summed E-state index contributed by atoms with van der Waals surface area (Å²) in [5.74, 6) is -3.04. The Kier molecular flexibility index (Phi) is 4.52. The Balaban J connectivity index is 2.02. The molecule has 1 heterocycles. The summed E-state index contributed by atoms with van der Waals surface area (Å²) in [6, 6.07) is 2.22. The van der Waals surface area contributed by atoms with E-state index >= 15 is 0 Å². The highest BCUT2D eigenvalue weighted by molar-refractivity contribution is 5.94. The molecule has 1 aliphatic heterocycles. The Morgan fingerprint density at radius 1 is 1.19 bits per heavy atom. The van der Waals surface area contributed by atoms with Crippen LogP contribution in [0, 0.1) is 11.6 Å². The zero-order valence-electron chi connectivity index (χ0n) is 11.6. The van der Waals surface area contributed by atoms with E-state index in [1.54, 1.807) is 11.8 Å². The maximum absolute atomic E-state index is 13.6. The highest BCUT2D eigenvalue weighted by Gasteiger charge is 2.28. The van der Waals surface area contributed by atoms with E-state index < -0.39 is 29.6 Å². The second-order valence-corrected chi connectivity index (χ2v) is 4.97. The third kappa shape index (κ3) is 3.36. The first-order valence-corrected chi connectivity index (χ1v) is 6.61. The highest BCUT2D eigenvalue weighted by atomic mass is 19.1. The number of amides is 1. The van der Waals surface area contributed by atoms with Gasteiger partial charge in [0.15, 0.2) is 0 Å². The number of benzene rings is 1. The van der Waals surface area contributed by atoms with Gasteiger partial charge in [0.25, 0.3) is 5.91 Å². The lowest BCUT2D eigenvalue weighted by molar-refractivity contribution is -0.143. The van der Waals surface area contributed by atoms with Gasteiger partial charge in [-0.25, -0.2) is 8.78 Å². The standard InChI is InChI=1S/C14H16F2N2O3/c1-9(14(20)21)17-4-6-18(7-5-17)13(19)11-3-2-10(15)8-12(11)16/h2-3,8-9H,4-7H2,1H3,(H,20,21)/t9-/m1/s1. The van der Waals surface area contributed by atoms with Crippen LogP contribution in [0.3, 0.4) is 0 Å². The number of rotatable bonds is 3. The van der Waals surface area contributed by atoms with Crippen molar-refractivity contribution in [2.24, 2.45) is 0 Å². The van der Waals surface area contributed by atoms with Gasteiger partial charge in [0.05, 0.1) is 5.56 Å². The van der Waals surface area contributed by atoms with E-state index in [9.17, 15) is 18.4 Å². The maximum atomic E-state index is 13.6. The smallest absolute Gasteiger partial charge is 0.320 e. The summed E-state index contributed by atoms with van der Waals surface area (Å²) in [5, 5.41) is 8.94. The molecule has 0 radical (unpaired) electrons. The van der Waals surface area contributed by atoms with Gasteiger partial charge in [-0.15, -0.1) is 0 Å². The Morgan fingerprint density at radius 3 is 2.33 bits per heavy atom. The zero-order valence-corrected chi connectivity index (χ0v) is 11.6. The van der Waals surface area contributed by atoms with Crippen molar-refractivity contribution in [3.63, 3.8) is 0 Å². The predicted octanol–water partition coefficient (Wildman–Crippen LogP) is 1.20. The maximum Gasteiger partial charge on any atom is 0.320 e. The van der Waals surface area contributed by atoms with Gasteiger partial charge >= 0.3 is 5.97 Å². The molecule has 1 aromatic rings. The van der Waals surface area contributed by atoms with Crippen LogP contribution in [0.4, 0.5) is 8.78 Å². The van der Waals surface area contributed by atoms with Gasteiger partial charge in [-0.1, -0.05) is 0 Å². The van der Waals surface area contributed by atoms with E-state index in [2.05, 4.69) is 0 Å². The number of aliphatic carboxylic acids is 1. The van der Waals surface area contributed by atoms with E-state index in [0.717, 1.165) is 12.1 Å². The van der Waals surface area contributed by atoms with Crippen LogP contribution in [-0.2, 0) is 4.79 Å². The lowest BCUT2D eigenvalue weighted by atomic mass is 10.1. The monoisotopic (exact) mass is 298 g/mol. The molecule has 21 heavy (non-hydrogen) atoms. The Labute approximate surface area is 120 Å². The number of carboxylic acids is 1. The number of halogens is 2. The van der Waals surface area contributed by atoms with E-state index in [4.69, 9.17) is 5.11 Å². The molecule has 1 saturated heterocycles.